The van der Waals surface area contributed by atoms with Crippen LogP contribution in [0.15, 0.2) is 48.5 Å². The Morgan fingerprint density at radius 2 is 0.636 bits per heavy atom. The second-order valence-electron chi connectivity index (χ2n) is 18.9. The summed E-state index contributed by atoms with van der Waals surface area (Å²) in [5.41, 5.74) is 1.04. The van der Waals surface area contributed by atoms with E-state index in [2.05, 4.69) is 15.9 Å². The van der Waals surface area contributed by atoms with Gasteiger partial charge in [-0.15, -0.1) is 0 Å². The van der Waals surface area contributed by atoms with Crippen molar-refractivity contribution < 1.29 is 148 Å². The highest BCUT2D eigenvalue weighted by atomic mass is 79.9. The summed E-state index contributed by atoms with van der Waals surface area (Å²) in [6.07, 6.45) is -16.2. The summed E-state index contributed by atoms with van der Waals surface area (Å²) < 4.78 is 91.0. The summed E-state index contributed by atoms with van der Waals surface area (Å²) in [6.45, 7) is 12.8. The average Bonchev–Trinajstić information content (AvgIpc) is 2.24. The minimum absolute atomic E-state index is 0.167. The van der Waals surface area contributed by atoms with Crippen LogP contribution in [0.25, 0.3) is 0 Å². The fourth-order valence-electron chi connectivity index (χ4n) is 8.31. The van der Waals surface area contributed by atoms with Crippen molar-refractivity contribution in [2.24, 2.45) is 0 Å². The van der Waals surface area contributed by atoms with Crippen LogP contribution in [0.3, 0.4) is 0 Å². The zero-order valence-electron chi connectivity index (χ0n) is 49.8. The Morgan fingerprint density at radius 3 is 0.920 bits per heavy atom. The molecule has 0 amide bonds. The first-order valence-corrected chi connectivity index (χ1v) is 27.4. The van der Waals surface area contributed by atoms with E-state index in [9.17, 15) is 67.4 Å². The number of carbonyl (C=O) groups excluding carboxylic acids is 13. The van der Waals surface area contributed by atoms with E-state index in [0.29, 0.717) is 23.2 Å². The number of rotatable bonds is 21. The average molecular weight is 1320 g/mol. The topological polar surface area (TPSA) is 399 Å². The lowest BCUT2D eigenvalue weighted by molar-refractivity contribution is -0.288. The highest BCUT2D eigenvalue weighted by molar-refractivity contribution is 9.09. The molecular weight excluding hydrogens is 1250 g/mol. The molecule has 486 valence electrons. The van der Waals surface area contributed by atoms with Gasteiger partial charge in [0.25, 0.3) is 0 Å². The third kappa shape index (κ3) is 25.2. The smallest absolute Gasteiger partial charge is 0.303 e. The lowest BCUT2D eigenvalue weighted by Crippen LogP contribution is -2.63. The van der Waals surface area contributed by atoms with Crippen LogP contribution in [-0.4, -0.2) is 194 Å². The van der Waals surface area contributed by atoms with Gasteiger partial charge in [0.15, 0.2) is 47.7 Å². The number of carbonyl (C=O) groups is 13. The summed E-state index contributed by atoms with van der Waals surface area (Å²) in [4.78, 5) is 149. The number of aliphatic hydroxyl groups is 1. The van der Waals surface area contributed by atoms with Crippen molar-refractivity contribution in [2.75, 3.05) is 19.8 Å². The van der Waals surface area contributed by atoms with Crippen molar-refractivity contribution in [2.45, 2.75) is 181 Å². The highest BCUT2D eigenvalue weighted by Crippen LogP contribution is 2.35. The van der Waals surface area contributed by atoms with E-state index >= 15 is 0 Å². The minimum Gasteiger partial charge on any atom is -0.463 e. The van der Waals surface area contributed by atoms with E-state index in [0.717, 1.165) is 55.4 Å². The molecule has 3 saturated heterocycles. The molecule has 2 aromatic rings. The Hall–Kier alpha value is -8.33. The van der Waals surface area contributed by atoms with Crippen LogP contribution in [0.2, 0.25) is 0 Å². The summed E-state index contributed by atoms with van der Waals surface area (Å²) in [5.74, 6) is -7.59. The van der Waals surface area contributed by atoms with Crippen LogP contribution < -0.4 is 9.47 Å². The Kier molecular flexibility index (Phi) is 30.3. The Morgan fingerprint density at radius 1 is 0.375 bits per heavy atom. The maximum Gasteiger partial charge on any atom is 0.303 e. The number of esters is 12. The molecule has 0 radical (unpaired) electrons. The fraction of sp³-hybridized carbons (Fsp3) is 0.554. The predicted molar refractivity (Wildman–Crippen MR) is 290 cm³/mol. The van der Waals surface area contributed by atoms with Crippen LogP contribution in [0.4, 0.5) is 0 Å². The quantitative estimate of drug-likeness (QED) is 0.0809. The fourth-order valence-corrected chi connectivity index (χ4v) is 9.00. The van der Waals surface area contributed by atoms with Gasteiger partial charge >= 0.3 is 71.6 Å². The van der Waals surface area contributed by atoms with Gasteiger partial charge in [0.1, 0.15) is 55.9 Å². The molecule has 2 aromatic carbocycles. The largest absolute Gasteiger partial charge is 0.463 e. The van der Waals surface area contributed by atoms with Gasteiger partial charge in [-0.2, -0.15) is 0 Å². The molecule has 0 aromatic heterocycles. The lowest BCUT2D eigenvalue weighted by atomic mass is 9.98. The second kappa shape index (κ2) is 36.1. The third-order valence-electron chi connectivity index (χ3n) is 11.5. The van der Waals surface area contributed by atoms with Crippen molar-refractivity contribution >= 4 is 93.8 Å². The molecule has 15 atom stereocenters. The number of hydrogen-bond donors (Lipinski definition) is 1. The lowest BCUT2D eigenvalue weighted by Gasteiger charge is -2.43. The first kappa shape index (κ1) is 73.9. The van der Waals surface area contributed by atoms with E-state index in [-0.39, 0.29) is 32.2 Å². The zero-order chi connectivity index (χ0) is 66.1. The van der Waals surface area contributed by atoms with Gasteiger partial charge in [-0.1, -0.05) is 28.1 Å². The first-order valence-electron chi connectivity index (χ1n) is 26.5. The molecule has 0 bridgehead atoms. The normalized spacial score (nSPS) is 25.9. The number of halogens is 1. The van der Waals surface area contributed by atoms with Crippen molar-refractivity contribution in [1.29, 1.82) is 0 Å². The van der Waals surface area contributed by atoms with Gasteiger partial charge in [-0.25, -0.2) is 0 Å². The molecule has 3 heterocycles. The summed E-state index contributed by atoms with van der Waals surface area (Å²) in [7, 11) is 0. The summed E-state index contributed by atoms with van der Waals surface area (Å²) in [5, 5.41) is 8.33. The molecule has 1 N–H and O–H groups in total. The third-order valence-corrected chi connectivity index (χ3v) is 12.2. The number of aldehydes is 1. The first-order chi connectivity index (χ1) is 41.3. The number of aliphatic hydroxyl groups excluding tert-OH is 1. The Bertz CT molecular complexity index is 2750. The number of ether oxygens (including phenoxy) is 17. The zero-order valence-corrected chi connectivity index (χ0v) is 51.3. The van der Waals surface area contributed by atoms with Crippen molar-refractivity contribution in [3.63, 3.8) is 0 Å². The van der Waals surface area contributed by atoms with Crippen molar-refractivity contribution in [3.8, 4) is 11.5 Å². The monoisotopic (exact) mass is 1320 g/mol. The maximum absolute atomic E-state index is 11.8. The standard InChI is InChI=1S/C21H26O11.C21H24O11.C14H19BrO9/c2*1-11(23)27-10-17-18(28-12(2)24)19(29-13(3)25)20(30-14(4)26)21(32-17)31-16-7-5-15(9-22)6-8-16;1-6(16)20-5-10-11(21-7(2)17)12(22-8(3)18)13(14(15)24-10)23-9(4)19/h5-8,17-22H,9-10H2,1-4H3;5-9,17-21H,10H2,1-4H3;10-14H,5H2,1-4H3/t2*17-,18+,19+,20-,21?;10-,11+,12+,13-,14?/m111/s1. The molecule has 31 nitrogen and oxygen atoms in total. The van der Waals surface area contributed by atoms with Crippen molar-refractivity contribution in [1.82, 2.24) is 0 Å². The van der Waals surface area contributed by atoms with Crippen LogP contribution in [-0.2, 0) is 135 Å². The molecule has 0 aliphatic carbocycles. The van der Waals surface area contributed by atoms with E-state index in [1.54, 1.807) is 24.3 Å². The van der Waals surface area contributed by atoms with Crippen LogP contribution in [0.5, 0.6) is 11.5 Å². The molecule has 0 saturated carbocycles. The highest BCUT2D eigenvalue weighted by Gasteiger charge is 2.56. The molecule has 0 spiro atoms. The Balaban J connectivity index is 0.000000350. The molecule has 88 heavy (non-hydrogen) atoms. The molecule has 3 fully saturated rings. The number of hydrogen-bond acceptors (Lipinski definition) is 31. The summed E-state index contributed by atoms with van der Waals surface area (Å²) in [6, 6.07) is 12.3. The number of alkyl halides is 1. The Labute approximate surface area is 511 Å². The van der Waals surface area contributed by atoms with E-state index in [1.165, 1.54) is 52.0 Å². The molecule has 3 unspecified atom stereocenters. The summed E-state index contributed by atoms with van der Waals surface area (Å²) >= 11 is 3.18. The molecular formula is C56H69BrO31. The van der Waals surface area contributed by atoms with Crippen LogP contribution in [0, 0.1) is 0 Å². The SMILES string of the molecule is CC(=O)OC[C@H]1OC(Br)[C@H](OC(C)=O)[C@@H](OC(C)=O)[C@H]1OC(C)=O.CC(=O)OC[C@H]1OC(Oc2ccc(C=O)cc2)[C@H](OC(C)=O)[C@@H](OC(C)=O)[C@H]1OC(C)=O.CC(=O)OC[C@H]1OC(Oc2ccc(CO)cc2)[C@H](OC(C)=O)[C@@H](OC(C)=O)[C@H]1OC(C)=O. The number of benzene rings is 2. The molecule has 32 heteroatoms. The predicted octanol–water partition coefficient (Wildman–Crippen LogP) is 2.07. The van der Waals surface area contributed by atoms with Gasteiger partial charge in [0.05, 0.1) is 6.61 Å². The van der Waals surface area contributed by atoms with Crippen LogP contribution in [0.1, 0.15) is 99.0 Å². The van der Waals surface area contributed by atoms with Crippen molar-refractivity contribution in [3.05, 3.63) is 59.7 Å². The van der Waals surface area contributed by atoms with Gasteiger partial charge in [0.2, 0.25) is 24.8 Å². The van der Waals surface area contributed by atoms with Gasteiger partial charge in [0, 0.05) is 88.6 Å². The van der Waals surface area contributed by atoms with E-state index in [1.807, 2.05) is 0 Å². The van der Waals surface area contributed by atoms with Crippen LogP contribution >= 0.6 is 15.9 Å². The maximum atomic E-state index is 11.8. The molecule has 3 aliphatic rings. The van der Waals surface area contributed by atoms with Gasteiger partial charge < -0.3 is 85.6 Å². The van der Waals surface area contributed by atoms with E-state index in [4.69, 9.17) is 80.5 Å². The van der Waals surface area contributed by atoms with Gasteiger partial charge in [-0.3, -0.25) is 62.3 Å². The molecule has 3 aliphatic heterocycles. The second-order valence-corrected chi connectivity index (χ2v) is 19.8. The minimum atomic E-state index is -1.34. The van der Waals surface area contributed by atoms with E-state index < -0.39 is 162 Å². The van der Waals surface area contributed by atoms with Gasteiger partial charge in [-0.05, 0) is 42.0 Å². The molecule has 5 rings (SSSR count).